The fourth-order valence-corrected chi connectivity index (χ4v) is 0.878. The number of hydrogen-bond donors (Lipinski definition) is 1. The lowest BCUT2D eigenvalue weighted by atomic mass is 10.0. The molecule has 0 bridgehead atoms. The Morgan fingerprint density at radius 2 is 2.14 bits per heavy atom. The van der Waals surface area contributed by atoms with Crippen LogP contribution in [0.4, 0.5) is 0 Å². The van der Waals surface area contributed by atoms with E-state index in [2.05, 4.69) is 11.3 Å². The Morgan fingerprint density at radius 3 is 2.57 bits per heavy atom. The van der Waals surface area contributed by atoms with E-state index in [-0.39, 0.29) is 12.4 Å². The van der Waals surface area contributed by atoms with Crippen molar-refractivity contribution in [2.45, 2.75) is 26.4 Å². The predicted octanol–water partition coefficient (Wildman–Crippen LogP) is 0.692. The minimum Gasteiger partial charge on any atom is -0.462 e. The molecule has 0 aromatic heterocycles. The lowest BCUT2D eigenvalue weighted by Crippen LogP contribution is -2.29. The van der Waals surface area contributed by atoms with Crippen molar-refractivity contribution in [3.63, 3.8) is 0 Å². The third-order valence-corrected chi connectivity index (χ3v) is 1.84. The maximum atomic E-state index is 11.3. The Bertz CT molecular complexity index is 222. The van der Waals surface area contributed by atoms with E-state index in [1.165, 1.54) is 0 Å². The van der Waals surface area contributed by atoms with E-state index >= 15 is 0 Å². The lowest BCUT2D eigenvalue weighted by molar-refractivity contribution is -0.142. The maximum Gasteiger partial charge on any atom is 0.330 e. The molecule has 0 amide bonds. The van der Waals surface area contributed by atoms with Crippen molar-refractivity contribution >= 4 is 11.8 Å². The molecule has 0 heterocycles. The van der Waals surface area contributed by atoms with Crippen LogP contribution >= 0.6 is 0 Å². The molecule has 0 aliphatic rings. The van der Waals surface area contributed by atoms with Crippen LogP contribution in [0.2, 0.25) is 0 Å². The smallest absolute Gasteiger partial charge is 0.330 e. The third kappa shape index (κ3) is 4.18. The highest BCUT2D eigenvalue weighted by Gasteiger charge is 2.20. The fourth-order valence-electron chi connectivity index (χ4n) is 0.878. The van der Waals surface area contributed by atoms with Crippen molar-refractivity contribution in [3.05, 3.63) is 12.7 Å². The highest BCUT2D eigenvalue weighted by atomic mass is 16.5. The molecule has 4 heteroatoms. The number of aliphatic hydroxyl groups excluding tert-OH is 1. The summed E-state index contributed by atoms with van der Waals surface area (Å²) < 4.78 is 4.68. The van der Waals surface area contributed by atoms with E-state index in [9.17, 15) is 14.7 Å². The maximum absolute atomic E-state index is 11.3. The van der Waals surface area contributed by atoms with E-state index in [0.29, 0.717) is 6.42 Å². The standard InChI is InChI=1S/C10H16O4/c1-4-8(11)10(13)7(3)6-14-9(12)5-2/h5,7-8,11H,2,4,6H2,1,3H3. The van der Waals surface area contributed by atoms with Gasteiger partial charge in [-0.25, -0.2) is 4.79 Å². The highest BCUT2D eigenvalue weighted by Crippen LogP contribution is 2.04. The molecule has 0 spiro atoms. The number of ketones is 1. The summed E-state index contributed by atoms with van der Waals surface area (Å²) in [4.78, 5) is 22.0. The van der Waals surface area contributed by atoms with Gasteiger partial charge in [-0.3, -0.25) is 4.79 Å². The van der Waals surface area contributed by atoms with E-state index in [0.717, 1.165) is 6.08 Å². The molecule has 0 aliphatic carbocycles. The Labute approximate surface area is 83.6 Å². The van der Waals surface area contributed by atoms with Gasteiger partial charge in [0, 0.05) is 6.08 Å². The Morgan fingerprint density at radius 1 is 1.57 bits per heavy atom. The van der Waals surface area contributed by atoms with Crippen LogP contribution in [-0.2, 0) is 14.3 Å². The number of ether oxygens (including phenoxy) is 1. The largest absolute Gasteiger partial charge is 0.462 e. The predicted molar refractivity (Wildman–Crippen MR) is 51.6 cm³/mol. The van der Waals surface area contributed by atoms with Gasteiger partial charge in [0.2, 0.25) is 0 Å². The van der Waals surface area contributed by atoms with Gasteiger partial charge in [-0.2, -0.15) is 0 Å². The Balaban J connectivity index is 3.95. The molecule has 0 fully saturated rings. The molecular weight excluding hydrogens is 184 g/mol. The van der Waals surface area contributed by atoms with Gasteiger partial charge in [-0.15, -0.1) is 0 Å². The number of rotatable bonds is 6. The van der Waals surface area contributed by atoms with Crippen LogP contribution in [0.3, 0.4) is 0 Å². The van der Waals surface area contributed by atoms with E-state index in [4.69, 9.17) is 0 Å². The summed E-state index contributed by atoms with van der Waals surface area (Å²) in [5, 5.41) is 9.21. The summed E-state index contributed by atoms with van der Waals surface area (Å²) in [6.45, 7) is 6.53. The summed E-state index contributed by atoms with van der Waals surface area (Å²) in [7, 11) is 0. The average Bonchev–Trinajstić information content (AvgIpc) is 2.22. The lowest BCUT2D eigenvalue weighted by Gasteiger charge is -2.13. The van der Waals surface area contributed by atoms with Gasteiger partial charge in [-0.05, 0) is 6.42 Å². The van der Waals surface area contributed by atoms with Gasteiger partial charge >= 0.3 is 5.97 Å². The summed E-state index contributed by atoms with van der Waals surface area (Å²) >= 11 is 0. The number of carbonyl (C=O) groups is 2. The second kappa shape index (κ2) is 6.32. The first-order valence-corrected chi connectivity index (χ1v) is 4.53. The summed E-state index contributed by atoms with van der Waals surface area (Å²) in [6, 6.07) is 0. The van der Waals surface area contributed by atoms with Gasteiger partial charge in [0.15, 0.2) is 5.78 Å². The normalized spacial score (nSPS) is 14.2. The molecule has 2 atom stereocenters. The molecule has 0 aromatic rings. The minimum absolute atomic E-state index is 0.0131. The minimum atomic E-state index is -0.965. The molecular formula is C10H16O4. The van der Waals surface area contributed by atoms with Crippen molar-refractivity contribution in [3.8, 4) is 0 Å². The van der Waals surface area contributed by atoms with Crippen LogP contribution in [0.1, 0.15) is 20.3 Å². The van der Waals surface area contributed by atoms with Crippen molar-refractivity contribution in [2.75, 3.05) is 6.61 Å². The topological polar surface area (TPSA) is 63.6 Å². The van der Waals surface area contributed by atoms with Gasteiger partial charge < -0.3 is 9.84 Å². The number of hydrogen-bond acceptors (Lipinski definition) is 4. The van der Waals surface area contributed by atoms with E-state index in [1.54, 1.807) is 13.8 Å². The zero-order valence-electron chi connectivity index (χ0n) is 8.53. The van der Waals surface area contributed by atoms with Gasteiger partial charge in [-0.1, -0.05) is 20.4 Å². The average molecular weight is 200 g/mol. The summed E-state index contributed by atoms with van der Waals surface area (Å²) in [5.74, 6) is -1.34. The van der Waals surface area contributed by atoms with Crippen molar-refractivity contribution in [2.24, 2.45) is 5.92 Å². The van der Waals surface area contributed by atoms with Crippen LogP contribution in [-0.4, -0.2) is 29.6 Å². The first-order chi connectivity index (χ1) is 6.52. The molecule has 1 N–H and O–H groups in total. The number of aliphatic hydroxyl groups is 1. The van der Waals surface area contributed by atoms with E-state index < -0.39 is 18.0 Å². The first kappa shape index (κ1) is 12.8. The zero-order valence-corrected chi connectivity index (χ0v) is 8.53. The second-order valence-corrected chi connectivity index (χ2v) is 3.06. The van der Waals surface area contributed by atoms with Crippen LogP contribution in [0.5, 0.6) is 0 Å². The first-order valence-electron chi connectivity index (χ1n) is 4.53. The van der Waals surface area contributed by atoms with Crippen LogP contribution in [0.25, 0.3) is 0 Å². The molecule has 80 valence electrons. The molecule has 2 unspecified atom stereocenters. The van der Waals surface area contributed by atoms with E-state index in [1.807, 2.05) is 0 Å². The van der Waals surface area contributed by atoms with Crippen LogP contribution in [0, 0.1) is 5.92 Å². The van der Waals surface area contributed by atoms with Crippen LogP contribution in [0.15, 0.2) is 12.7 Å². The van der Waals surface area contributed by atoms with Gasteiger partial charge in [0.1, 0.15) is 12.7 Å². The van der Waals surface area contributed by atoms with Gasteiger partial charge in [0.05, 0.1) is 5.92 Å². The number of Topliss-reactive ketones (excluding diaryl/α,β-unsaturated/α-hetero) is 1. The Hall–Kier alpha value is -1.16. The van der Waals surface area contributed by atoms with Crippen molar-refractivity contribution in [1.29, 1.82) is 0 Å². The SMILES string of the molecule is C=CC(=O)OCC(C)C(=O)C(O)CC. The zero-order chi connectivity index (χ0) is 11.1. The number of carbonyl (C=O) groups excluding carboxylic acids is 2. The molecule has 0 saturated carbocycles. The van der Waals surface area contributed by atoms with Crippen LogP contribution < -0.4 is 0 Å². The summed E-state index contributed by atoms with van der Waals surface area (Å²) in [6.07, 6.45) is 0.443. The molecule has 0 rings (SSSR count). The molecule has 0 aliphatic heterocycles. The monoisotopic (exact) mass is 200 g/mol. The highest BCUT2D eigenvalue weighted by molar-refractivity contribution is 5.85. The molecule has 14 heavy (non-hydrogen) atoms. The molecule has 0 aromatic carbocycles. The third-order valence-electron chi connectivity index (χ3n) is 1.84. The fraction of sp³-hybridized carbons (Fsp3) is 0.600. The quantitative estimate of drug-likeness (QED) is 0.506. The van der Waals surface area contributed by atoms with Gasteiger partial charge in [0.25, 0.3) is 0 Å². The molecule has 0 saturated heterocycles. The molecule has 4 nitrogen and oxygen atoms in total. The van der Waals surface area contributed by atoms with Crippen molar-refractivity contribution in [1.82, 2.24) is 0 Å². The molecule has 0 radical (unpaired) electrons. The summed E-state index contributed by atoms with van der Waals surface area (Å²) in [5.41, 5.74) is 0. The Kier molecular flexibility index (Phi) is 5.79. The second-order valence-electron chi connectivity index (χ2n) is 3.06. The number of esters is 1. The van der Waals surface area contributed by atoms with Crippen molar-refractivity contribution < 1.29 is 19.4 Å².